The summed E-state index contributed by atoms with van der Waals surface area (Å²) in [5, 5.41) is 0. The van der Waals surface area contributed by atoms with Gasteiger partial charge in [0.1, 0.15) is 5.82 Å². The summed E-state index contributed by atoms with van der Waals surface area (Å²) < 4.78 is 51.5. The molecule has 0 atom stereocenters. The average molecular weight is 339 g/mol. The third-order valence-electron chi connectivity index (χ3n) is 3.29. The SMILES string of the molecule is COC(OC)c1c(F)cccc1NS(=O)(=O)c1ccc(C)cc1. The number of halogens is 1. The topological polar surface area (TPSA) is 64.6 Å². The zero-order valence-corrected chi connectivity index (χ0v) is 13.9. The number of anilines is 1. The first-order chi connectivity index (χ1) is 10.9. The molecule has 0 saturated carbocycles. The van der Waals surface area contributed by atoms with Crippen molar-refractivity contribution in [3.05, 3.63) is 59.4 Å². The lowest BCUT2D eigenvalue weighted by Gasteiger charge is -2.19. The number of rotatable bonds is 6. The Balaban J connectivity index is 2.43. The van der Waals surface area contributed by atoms with Crippen LogP contribution in [0.5, 0.6) is 0 Å². The summed E-state index contributed by atoms with van der Waals surface area (Å²) in [6.07, 6.45) is -1.02. The quantitative estimate of drug-likeness (QED) is 0.821. The van der Waals surface area contributed by atoms with Crippen molar-refractivity contribution in [1.82, 2.24) is 0 Å². The molecule has 1 N–H and O–H groups in total. The molecule has 2 rings (SSSR count). The van der Waals surface area contributed by atoms with Gasteiger partial charge in [0, 0.05) is 14.2 Å². The van der Waals surface area contributed by atoms with E-state index in [-0.39, 0.29) is 16.1 Å². The summed E-state index contributed by atoms with van der Waals surface area (Å²) in [4.78, 5) is 0.0877. The van der Waals surface area contributed by atoms with Gasteiger partial charge in [-0.15, -0.1) is 0 Å². The number of ether oxygens (including phenoxy) is 2. The van der Waals surface area contributed by atoms with E-state index in [4.69, 9.17) is 9.47 Å². The van der Waals surface area contributed by atoms with Gasteiger partial charge in [-0.25, -0.2) is 12.8 Å². The van der Waals surface area contributed by atoms with E-state index in [0.717, 1.165) is 5.56 Å². The van der Waals surface area contributed by atoms with Gasteiger partial charge in [-0.2, -0.15) is 0 Å². The first-order valence-corrected chi connectivity index (χ1v) is 8.31. The number of hydrogen-bond donors (Lipinski definition) is 1. The van der Waals surface area contributed by atoms with E-state index < -0.39 is 22.1 Å². The molecule has 0 spiro atoms. The first kappa shape index (κ1) is 17.4. The Kier molecular flexibility index (Phi) is 5.35. The van der Waals surface area contributed by atoms with E-state index in [1.165, 1.54) is 44.6 Å². The second kappa shape index (κ2) is 7.08. The van der Waals surface area contributed by atoms with Crippen LogP contribution in [0, 0.1) is 12.7 Å². The summed E-state index contributed by atoms with van der Waals surface area (Å²) in [5.41, 5.74) is 1.00. The van der Waals surface area contributed by atoms with E-state index >= 15 is 0 Å². The van der Waals surface area contributed by atoms with Gasteiger partial charge in [0.2, 0.25) is 0 Å². The predicted octanol–water partition coefficient (Wildman–Crippen LogP) is 3.23. The molecule has 7 heteroatoms. The van der Waals surface area contributed by atoms with Crippen LogP contribution in [-0.2, 0) is 19.5 Å². The molecular weight excluding hydrogens is 321 g/mol. The minimum Gasteiger partial charge on any atom is -0.351 e. The van der Waals surface area contributed by atoms with E-state index in [1.54, 1.807) is 12.1 Å². The van der Waals surface area contributed by atoms with Crippen molar-refractivity contribution in [2.75, 3.05) is 18.9 Å². The maximum absolute atomic E-state index is 14.1. The highest BCUT2D eigenvalue weighted by Crippen LogP contribution is 2.30. The van der Waals surface area contributed by atoms with Crippen LogP contribution in [0.3, 0.4) is 0 Å². The molecule has 0 unspecified atom stereocenters. The van der Waals surface area contributed by atoms with Crippen molar-refractivity contribution in [3.63, 3.8) is 0 Å². The van der Waals surface area contributed by atoms with E-state index in [0.29, 0.717) is 0 Å². The number of hydrogen-bond acceptors (Lipinski definition) is 4. The van der Waals surface area contributed by atoms with Crippen LogP contribution in [0.15, 0.2) is 47.4 Å². The number of sulfonamides is 1. The monoisotopic (exact) mass is 339 g/mol. The minimum atomic E-state index is -3.85. The third kappa shape index (κ3) is 3.87. The zero-order chi connectivity index (χ0) is 17.0. The number of nitrogens with one attached hydrogen (secondary N) is 1. The van der Waals surface area contributed by atoms with Gasteiger partial charge >= 0.3 is 0 Å². The fourth-order valence-corrected chi connectivity index (χ4v) is 3.20. The maximum atomic E-state index is 14.1. The molecule has 0 saturated heterocycles. The van der Waals surface area contributed by atoms with Crippen LogP contribution in [-0.4, -0.2) is 22.6 Å². The van der Waals surface area contributed by atoms with E-state index in [2.05, 4.69) is 4.72 Å². The summed E-state index contributed by atoms with van der Waals surface area (Å²) >= 11 is 0. The summed E-state index contributed by atoms with van der Waals surface area (Å²) in [6.45, 7) is 1.86. The molecule has 2 aromatic rings. The Morgan fingerprint density at radius 3 is 2.22 bits per heavy atom. The second-order valence-electron chi connectivity index (χ2n) is 4.92. The molecule has 0 aliphatic carbocycles. The minimum absolute atomic E-state index is 0.00631. The van der Waals surface area contributed by atoms with Crippen LogP contribution in [0.4, 0.5) is 10.1 Å². The van der Waals surface area contributed by atoms with Crippen LogP contribution < -0.4 is 4.72 Å². The van der Waals surface area contributed by atoms with Crippen LogP contribution in [0.1, 0.15) is 17.4 Å². The molecule has 0 radical (unpaired) electrons. The Hall–Kier alpha value is -1.96. The van der Waals surface area contributed by atoms with Crippen molar-refractivity contribution in [1.29, 1.82) is 0 Å². The smallest absolute Gasteiger partial charge is 0.261 e. The van der Waals surface area contributed by atoms with Crippen molar-refractivity contribution >= 4 is 15.7 Å². The molecule has 0 aliphatic rings. The molecule has 23 heavy (non-hydrogen) atoms. The average Bonchev–Trinajstić information content (AvgIpc) is 2.51. The molecule has 0 amide bonds. The highest BCUT2D eigenvalue weighted by molar-refractivity contribution is 7.92. The van der Waals surface area contributed by atoms with Gasteiger partial charge in [0.15, 0.2) is 6.29 Å². The first-order valence-electron chi connectivity index (χ1n) is 6.82. The molecule has 0 aromatic heterocycles. The molecule has 0 fully saturated rings. The molecule has 124 valence electrons. The van der Waals surface area contributed by atoms with Gasteiger partial charge in [0.05, 0.1) is 16.1 Å². The van der Waals surface area contributed by atoms with Crippen molar-refractivity contribution in [2.24, 2.45) is 0 Å². The lowest BCUT2D eigenvalue weighted by molar-refractivity contribution is -0.107. The van der Waals surface area contributed by atoms with Crippen LogP contribution >= 0.6 is 0 Å². The van der Waals surface area contributed by atoms with E-state index in [1.807, 2.05) is 6.92 Å². The van der Waals surface area contributed by atoms with Gasteiger partial charge in [-0.3, -0.25) is 4.72 Å². The Bertz CT molecular complexity index is 771. The van der Waals surface area contributed by atoms with Gasteiger partial charge < -0.3 is 9.47 Å². The van der Waals surface area contributed by atoms with Gasteiger partial charge in [-0.1, -0.05) is 23.8 Å². The molecule has 0 bridgehead atoms. The highest BCUT2D eigenvalue weighted by atomic mass is 32.2. The Labute approximate surface area is 135 Å². The zero-order valence-electron chi connectivity index (χ0n) is 13.0. The summed E-state index contributed by atoms with van der Waals surface area (Å²) in [7, 11) is -1.15. The Morgan fingerprint density at radius 2 is 1.65 bits per heavy atom. The van der Waals surface area contributed by atoms with Crippen LogP contribution in [0.25, 0.3) is 0 Å². The predicted molar refractivity (Wildman–Crippen MR) is 85.1 cm³/mol. The molecule has 0 heterocycles. The van der Waals surface area contributed by atoms with Gasteiger partial charge in [-0.05, 0) is 31.2 Å². The van der Waals surface area contributed by atoms with Gasteiger partial charge in [0.25, 0.3) is 10.0 Å². The molecular formula is C16H18FNO4S. The number of benzene rings is 2. The van der Waals surface area contributed by atoms with E-state index in [9.17, 15) is 12.8 Å². The standard InChI is InChI=1S/C16H18FNO4S/c1-11-7-9-12(10-8-11)23(19,20)18-14-6-4-5-13(17)15(14)16(21-2)22-3/h4-10,16,18H,1-3H3. The third-order valence-corrected chi connectivity index (χ3v) is 4.67. The molecule has 5 nitrogen and oxygen atoms in total. The van der Waals surface area contributed by atoms with Crippen molar-refractivity contribution in [3.8, 4) is 0 Å². The lowest BCUT2D eigenvalue weighted by atomic mass is 10.1. The summed E-state index contributed by atoms with van der Waals surface area (Å²) in [6, 6.07) is 10.4. The largest absolute Gasteiger partial charge is 0.351 e. The lowest BCUT2D eigenvalue weighted by Crippen LogP contribution is -2.17. The number of methoxy groups -OCH3 is 2. The van der Waals surface area contributed by atoms with Crippen LogP contribution in [0.2, 0.25) is 0 Å². The fraction of sp³-hybridized carbons (Fsp3) is 0.250. The molecule has 2 aromatic carbocycles. The fourth-order valence-electron chi connectivity index (χ4n) is 2.12. The normalized spacial score (nSPS) is 11.7. The van der Waals surface area contributed by atoms with Crippen molar-refractivity contribution < 1.29 is 22.3 Å². The number of aryl methyl sites for hydroxylation is 1. The molecule has 0 aliphatic heterocycles. The van der Waals surface area contributed by atoms with Crippen molar-refractivity contribution in [2.45, 2.75) is 18.1 Å². The summed E-state index contributed by atoms with van der Waals surface area (Å²) in [5.74, 6) is -0.622. The Morgan fingerprint density at radius 1 is 1.04 bits per heavy atom. The maximum Gasteiger partial charge on any atom is 0.261 e. The second-order valence-corrected chi connectivity index (χ2v) is 6.61. The highest BCUT2D eigenvalue weighted by Gasteiger charge is 2.23.